The highest BCUT2D eigenvalue weighted by Gasteiger charge is 2.43. The first-order valence-electron chi connectivity index (χ1n) is 18.3. The van der Waals surface area contributed by atoms with Crippen molar-refractivity contribution in [2.24, 2.45) is 0 Å². The summed E-state index contributed by atoms with van der Waals surface area (Å²) in [6, 6.07) is 56.1. The van der Waals surface area contributed by atoms with Crippen molar-refractivity contribution >= 4 is 67.7 Å². The van der Waals surface area contributed by atoms with Gasteiger partial charge in [-0.3, -0.25) is 0 Å². The van der Waals surface area contributed by atoms with Crippen molar-refractivity contribution in [3.8, 4) is 45.3 Å². The largest absolute Gasteiger partial charge is 0.458 e. The van der Waals surface area contributed by atoms with Crippen LogP contribution in [0, 0.1) is 0 Å². The van der Waals surface area contributed by atoms with Crippen LogP contribution in [0.25, 0.3) is 38.4 Å². The molecule has 0 bridgehead atoms. The summed E-state index contributed by atoms with van der Waals surface area (Å²) in [5.74, 6) is 3.50. The summed E-state index contributed by atoms with van der Waals surface area (Å²) in [6.45, 7) is -0.0892. The molecule has 250 valence electrons. The lowest BCUT2D eigenvalue weighted by atomic mass is 9.34. The molecule has 8 aromatic rings. The van der Waals surface area contributed by atoms with E-state index >= 15 is 0 Å². The van der Waals surface area contributed by atoms with Crippen molar-refractivity contribution in [2.75, 3.05) is 4.90 Å². The zero-order chi connectivity index (χ0) is 34.9. The quantitative estimate of drug-likeness (QED) is 0.167. The second-order valence-electron chi connectivity index (χ2n) is 13.9. The van der Waals surface area contributed by atoms with Crippen LogP contribution in [0.1, 0.15) is 16.9 Å². The number of thiophene rings is 1. The average molecular weight is 698 g/mol. The van der Waals surface area contributed by atoms with Crippen molar-refractivity contribution in [1.82, 2.24) is 0 Å². The number of hydrogen-bond donors (Lipinski definition) is 0. The second-order valence-corrected chi connectivity index (χ2v) is 15.0. The van der Waals surface area contributed by atoms with E-state index in [1.54, 1.807) is 0 Å². The fraction of sp³-hybridized carbons (Fsp3) is 0.0417. The minimum Gasteiger partial charge on any atom is -0.458 e. The highest BCUT2D eigenvalue weighted by atomic mass is 32.1. The van der Waals surface area contributed by atoms with E-state index in [2.05, 4.69) is 175 Å². The fourth-order valence-corrected chi connectivity index (χ4v) is 9.63. The van der Waals surface area contributed by atoms with Crippen LogP contribution in [0.3, 0.4) is 0 Å². The molecule has 3 aliphatic rings. The maximum Gasteiger partial charge on any atom is 0.260 e. The number of nitrogens with zero attached hydrogens (tertiary/aromatic N) is 1. The Hall–Kier alpha value is -6.30. The van der Waals surface area contributed by atoms with E-state index in [9.17, 15) is 0 Å². The molecule has 0 atom stereocenters. The number of hydrogen-bond acceptors (Lipinski definition) is 4. The number of ether oxygens (including phenoxy) is 2. The van der Waals surface area contributed by atoms with Crippen LogP contribution in [0.15, 0.2) is 164 Å². The SMILES string of the molecule is C1=Cc2sc3cc4c(cc3c2CC1)B1c2ccc(N(c3ccccc3)c3ccccc3)cc2Oc2c(-c3ccccc3)cc(-c3ccccc3)c(c21)O4. The monoisotopic (exact) mass is 697 g/mol. The summed E-state index contributed by atoms with van der Waals surface area (Å²) in [5, 5.41) is 1.34. The van der Waals surface area contributed by atoms with E-state index in [1.807, 2.05) is 11.3 Å². The van der Waals surface area contributed by atoms with Crippen LogP contribution in [0.5, 0.6) is 23.0 Å². The molecule has 0 saturated carbocycles. The predicted octanol–water partition coefficient (Wildman–Crippen LogP) is 11.4. The molecule has 0 fully saturated rings. The van der Waals surface area contributed by atoms with E-state index in [4.69, 9.17) is 9.47 Å². The summed E-state index contributed by atoms with van der Waals surface area (Å²) in [7, 11) is 0. The zero-order valence-corrected chi connectivity index (χ0v) is 29.6. The van der Waals surface area contributed by atoms with Crippen LogP contribution in [-0.4, -0.2) is 6.71 Å². The maximum absolute atomic E-state index is 7.23. The Balaban J connectivity index is 1.19. The summed E-state index contributed by atoms with van der Waals surface area (Å²) in [5.41, 5.74) is 12.4. The molecular weight excluding hydrogens is 665 g/mol. The van der Waals surface area contributed by atoms with Crippen LogP contribution < -0.4 is 30.8 Å². The number of anilines is 3. The third-order valence-electron chi connectivity index (χ3n) is 10.8. The second kappa shape index (κ2) is 12.2. The molecule has 3 heterocycles. The molecular formula is C48H32BNO2S. The summed E-state index contributed by atoms with van der Waals surface area (Å²) in [6.07, 6.45) is 6.73. The zero-order valence-electron chi connectivity index (χ0n) is 28.8. The van der Waals surface area contributed by atoms with Gasteiger partial charge in [-0.15, -0.1) is 11.3 Å². The van der Waals surface area contributed by atoms with Gasteiger partial charge in [-0.1, -0.05) is 115 Å². The Bertz CT molecular complexity index is 2690. The van der Waals surface area contributed by atoms with Crippen molar-refractivity contribution in [3.05, 3.63) is 174 Å². The van der Waals surface area contributed by atoms with E-state index in [0.717, 1.165) is 86.1 Å². The molecule has 3 nitrogen and oxygen atoms in total. The predicted molar refractivity (Wildman–Crippen MR) is 222 cm³/mol. The molecule has 0 N–H and O–H groups in total. The molecule has 1 aromatic heterocycles. The smallest absolute Gasteiger partial charge is 0.260 e. The Labute approximate surface area is 313 Å². The van der Waals surface area contributed by atoms with Crippen LogP contribution in [-0.2, 0) is 6.42 Å². The molecule has 7 aromatic carbocycles. The van der Waals surface area contributed by atoms with Crippen LogP contribution in [0.2, 0.25) is 0 Å². The van der Waals surface area contributed by atoms with Gasteiger partial charge >= 0.3 is 0 Å². The lowest BCUT2D eigenvalue weighted by molar-refractivity contribution is 0.467. The molecule has 0 spiro atoms. The van der Waals surface area contributed by atoms with Crippen LogP contribution in [0.4, 0.5) is 17.1 Å². The molecule has 5 heteroatoms. The van der Waals surface area contributed by atoms with Gasteiger partial charge < -0.3 is 14.4 Å². The number of para-hydroxylation sites is 2. The van der Waals surface area contributed by atoms with Gasteiger partial charge in [-0.2, -0.15) is 0 Å². The lowest BCUT2D eigenvalue weighted by Gasteiger charge is -2.36. The topological polar surface area (TPSA) is 21.7 Å². The van der Waals surface area contributed by atoms with Gasteiger partial charge in [-0.25, -0.2) is 0 Å². The minimum atomic E-state index is -0.0892. The standard InChI is InChI=1S/C48H32BNO2S/c1-5-15-31(16-6-1)37-28-38(32-17-7-2-8-18-32)48-46-47(37)51-42-27-35(50(33-19-9-3-10-20-33)34-21-11-4-12-22-34)25-26-40(42)49(46)41-29-39-36-23-13-14-24-44(36)53-45(39)30-43(41)52-48/h1-12,14-22,24-30H,13,23H2. The normalized spacial score (nSPS) is 13.3. The Kier molecular flexibility index (Phi) is 6.96. The summed E-state index contributed by atoms with van der Waals surface area (Å²) < 4.78 is 15.6. The molecule has 1 aliphatic carbocycles. The third-order valence-corrected chi connectivity index (χ3v) is 12.0. The summed E-state index contributed by atoms with van der Waals surface area (Å²) in [4.78, 5) is 3.66. The van der Waals surface area contributed by atoms with Gasteiger partial charge in [0, 0.05) is 49.3 Å². The minimum absolute atomic E-state index is 0.0892. The van der Waals surface area contributed by atoms with Crippen molar-refractivity contribution < 1.29 is 9.47 Å². The maximum atomic E-state index is 7.23. The van der Waals surface area contributed by atoms with Gasteiger partial charge in [0.15, 0.2) is 0 Å². The fourth-order valence-electron chi connectivity index (χ4n) is 8.44. The average Bonchev–Trinajstić information content (AvgIpc) is 3.59. The number of allylic oxidation sites excluding steroid dienone is 1. The van der Waals surface area contributed by atoms with Gasteiger partial charge in [-0.05, 0) is 94.4 Å². The summed E-state index contributed by atoms with van der Waals surface area (Å²) >= 11 is 1.87. The molecule has 0 unspecified atom stereocenters. The van der Waals surface area contributed by atoms with Gasteiger partial charge in [0.2, 0.25) is 0 Å². The highest BCUT2D eigenvalue weighted by Crippen LogP contribution is 2.48. The lowest BCUT2D eigenvalue weighted by Crippen LogP contribution is -2.57. The first-order valence-corrected chi connectivity index (χ1v) is 19.1. The first kappa shape index (κ1) is 30.3. The number of aryl methyl sites for hydroxylation is 1. The Morgan fingerprint density at radius 1 is 0.547 bits per heavy atom. The number of fused-ring (bicyclic) bond motifs is 7. The van der Waals surface area contributed by atoms with Gasteiger partial charge in [0.05, 0.1) is 0 Å². The van der Waals surface area contributed by atoms with Crippen molar-refractivity contribution in [3.63, 3.8) is 0 Å². The molecule has 0 saturated heterocycles. The highest BCUT2D eigenvalue weighted by molar-refractivity contribution is 7.20. The van der Waals surface area contributed by atoms with Crippen LogP contribution >= 0.6 is 11.3 Å². The Morgan fingerprint density at radius 2 is 1.13 bits per heavy atom. The van der Waals surface area contributed by atoms with Gasteiger partial charge in [0.1, 0.15) is 23.0 Å². The molecule has 2 aliphatic heterocycles. The first-order chi connectivity index (χ1) is 26.3. The number of benzene rings is 7. The Morgan fingerprint density at radius 3 is 1.75 bits per heavy atom. The molecule has 11 rings (SSSR count). The van der Waals surface area contributed by atoms with Crippen molar-refractivity contribution in [2.45, 2.75) is 12.8 Å². The van der Waals surface area contributed by atoms with E-state index < -0.39 is 0 Å². The van der Waals surface area contributed by atoms with Crippen molar-refractivity contribution in [1.29, 1.82) is 0 Å². The van der Waals surface area contributed by atoms with E-state index in [1.165, 1.54) is 26.0 Å². The molecule has 53 heavy (non-hydrogen) atoms. The van der Waals surface area contributed by atoms with E-state index in [-0.39, 0.29) is 6.71 Å². The number of rotatable bonds is 5. The molecule has 0 radical (unpaired) electrons. The molecule has 0 amide bonds. The third kappa shape index (κ3) is 4.88. The van der Waals surface area contributed by atoms with Gasteiger partial charge in [0.25, 0.3) is 6.71 Å². The van der Waals surface area contributed by atoms with E-state index in [0.29, 0.717) is 0 Å².